The standard InChI is InChI=1S/C9H11N3OS/c1-10-12-9(14)11-7-5-3-4-6-8(7)13-2/h3-6H,1H2,2H3,(H2,11,12,14). The minimum atomic E-state index is 0.379. The van der Waals surface area contributed by atoms with Crippen LogP contribution in [0.3, 0.4) is 0 Å². The molecule has 0 aliphatic heterocycles. The molecule has 4 nitrogen and oxygen atoms in total. The molecule has 0 radical (unpaired) electrons. The molecule has 2 N–H and O–H groups in total. The monoisotopic (exact) mass is 209 g/mol. The summed E-state index contributed by atoms with van der Waals surface area (Å²) in [4.78, 5) is 0. The lowest BCUT2D eigenvalue weighted by atomic mass is 10.3. The van der Waals surface area contributed by atoms with Gasteiger partial charge in [0.25, 0.3) is 0 Å². The molecule has 1 aromatic rings. The number of rotatable bonds is 3. The number of hydrogen-bond donors (Lipinski definition) is 2. The molecule has 74 valence electrons. The molecule has 0 aromatic heterocycles. The Kier molecular flexibility index (Phi) is 3.87. The summed E-state index contributed by atoms with van der Waals surface area (Å²) in [6.07, 6.45) is 0. The summed E-state index contributed by atoms with van der Waals surface area (Å²) in [6, 6.07) is 7.46. The molecule has 0 unspecified atom stereocenters. The van der Waals surface area contributed by atoms with Crippen molar-refractivity contribution in [1.82, 2.24) is 5.43 Å². The zero-order valence-electron chi connectivity index (χ0n) is 7.78. The minimum Gasteiger partial charge on any atom is -0.495 e. The third kappa shape index (κ3) is 2.70. The van der Waals surface area contributed by atoms with Gasteiger partial charge in [0.2, 0.25) is 0 Å². The van der Waals surface area contributed by atoms with Gasteiger partial charge < -0.3 is 10.1 Å². The summed E-state index contributed by atoms with van der Waals surface area (Å²) >= 11 is 4.93. The van der Waals surface area contributed by atoms with Crippen LogP contribution in [-0.2, 0) is 0 Å². The van der Waals surface area contributed by atoms with Crippen LogP contribution in [0.4, 0.5) is 5.69 Å². The van der Waals surface area contributed by atoms with Crippen LogP contribution in [0.2, 0.25) is 0 Å². The maximum atomic E-state index is 5.13. The van der Waals surface area contributed by atoms with Crippen molar-refractivity contribution >= 4 is 29.7 Å². The van der Waals surface area contributed by atoms with E-state index in [0.29, 0.717) is 5.11 Å². The number of para-hydroxylation sites is 2. The number of methoxy groups -OCH3 is 1. The molecule has 1 rings (SSSR count). The summed E-state index contributed by atoms with van der Waals surface area (Å²) in [7, 11) is 1.60. The van der Waals surface area contributed by atoms with Crippen molar-refractivity contribution in [2.45, 2.75) is 0 Å². The number of benzene rings is 1. The van der Waals surface area contributed by atoms with Crippen LogP contribution in [0.15, 0.2) is 29.4 Å². The third-order valence-electron chi connectivity index (χ3n) is 1.54. The van der Waals surface area contributed by atoms with Gasteiger partial charge in [-0.25, -0.2) is 0 Å². The normalized spacial score (nSPS) is 8.93. The Morgan fingerprint density at radius 3 is 2.86 bits per heavy atom. The second-order valence-electron chi connectivity index (χ2n) is 2.42. The first kappa shape index (κ1) is 10.5. The zero-order chi connectivity index (χ0) is 10.4. The smallest absolute Gasteiger partial charge is 0.191 e. The van der Waals surface area contributed by atoms with Crippen LogP contribution < -0.4 is 15.5 Å². The van der Waals surface area contributed by atoms with E-state index in [9.17, 15) is 0 Å². The molecule has 0 saturated heterocycles. The molecule has 14 heavy (non-hydrogen) atoms. The Bertz CT molecular complexity index is 341. The van der Waals surface area contributed by atoms with Crippen LogP contribution in [0.5, 0.6) is 5.75 Å². The highest BCUT2D eigenvalue weighted by Gasteiger charge is 2.01. The molecule has 0 heterocycles. The van der Waals surface area contributed by atoms with E-state index in [4.69, 9.17) is 17.0 Å². The topological polar surface area (TPSA) is 45.7 Å². The fourth-order valence-electron chi connectivity index (χ4n) is 0.970. The minimum absolute atomic E-state index is 0.379. The quantitative estimate of drug-likeness (QED) is 0.451. The maximum Gasteiger partial charge on any atom is 0.191 e. The summed E-state index contributed by atoms with van der Waals surface area (Å²) in [5, 5.41) is 6.75. The maximum absolute atomic E-state index is 5.13. The van der Waals surface area contributed by atoms with Crippen LogP contribution in [0.1, 0.15) is 0 Å². The number of nitrogens with one attached hydrogen (secondary N) is 2. The van der Waals surface area contributed by atoms with Crippen molar-refractivity contribution in [2.75, 3.05) is 12.4 Å². The SMILES string of the molecule is C=NNC(=S)Nc1ccccc1OC. The molecule has 0 aliphatic carbocycles. The van der Waals surface area contributed by atoms with Crippen LogP contribution in [-0.4, -0.2) is 18.9 Å². The third-order valence-corrected chi connectivity index (χ3v) is 1.73. The highest BCUT2D eigenvalue weighted by atomic mass is 32.1. The van der Waals surface area contributed by atoms with Gasteiger partial charge in [0, 0.05) is 6.72 Å². The first-order chi connectivity index (χ1) is 6.77. The van der Waals surface area contributed by atoms with Gasteiger partial charge in [-0.1, -0.05) is 12.1 Å². The lowest BCUT2D eigenvalue weighted by molar-refractivity contribution is 0.417. The zero-order valence-corrected chi connectivity index (χ0v) is 8.60. The average molecular weight is 209 g/mol. The number of hydrazone groups is 1. The van der Waals surface area contributed by atoms with E-state index < -0.39 is 0 Å². The number of anilines is 1. The Balaban J connectivity index is 2.74. The Morgan fingerprint density at radius 1 is 1.50 bits per heavy atom. The average Bonchev–Trinajstić information content (AvgIpc) is 2.19. The predicted octanol–water partition coefficient (Wildman–Crippen LogP) is 1.60. The van der Waals surface area contributed by atoms with E-state index in [2.05, 4.69) is 22.6 Å². The first-order valence-corrected chi connectivity index (χ1v) is 4.34. The van der Waals surface area contributed by atoms with E-state index in [-0.39, 0.29) is 0 Å². The van der Waals surface area contributed by atoms with Crippen molar-refractivity contribution in [1.29, 1.82) is 0 Å². The molecule has 5 heteroatoms. The van der Waals surface area contributed by atoms with Gasteiger partial charge in [0.1, 0.15) is 5.75 Å². The van der Waals surface area contributed by atoms with Crippen LogP contribution in [0.25, 0.3) is 0 Å². The van der Waals surface area contributed by atoms with Gasteiger partial charge in [-0.15, -0.1) is 0 Å². The van der Waals surface area contributed by atoms with E-state index >= 15 is 0 Å². The molecular weight excluding hydrogens is 198 g/mol. The first-order valence-electron chi connectivity index (χ1n) is 3.93. The molecule has 1 aromatic carbocycles. The van der Waals surface area contributed by atoms with Crippen molar-refractivity contribution in [3.63, 3.8) is 0 Å². The van der Waals surface area contributed by atoms with E-state index in [0.717, 1.165) is 11.4 Å². The van der Waals surface area contributed by atoms with Gasteiger partial charge >= 0.3 is 0 Å². The van der Waals surface area contributed by atoms with Crippen molar-refractivity contribution < 1.29 is 4.74 Å². The molecule has 0 aliphatic rings. The summed E-state index contributed by atoms with van der Waals surface area (Å²) in [5.74, 6) is 0.723. The van der Waals surface area contributed by atoms with E-state index in [1.165, 1.54) is 0 Å². The molecule has 0 spiro atoms. The molecule has 0 atom stereocenters. The predicted molar refractivity (Wildman–Crippen MR) is 61.9 cm³/mol. The van der Waals surface area contributed by atoms with Crippen LogP contribution in [0, 0.1) is 0 Å². The van der Waals surface area contributed by atoms with Crippen molar-refractivity contribution in [2.24, 2.45) is 5.10 Å². The van der Waals surface area contributed by atoms with Crippen molar-refractivity contribution in [3.05, 3.63) is 24.3 Å². The van der Waals surface area contributed by atoms with Gasteiger partial charge in [0.05, 0.1) is 12.8 Å². The molecule has 0 amide bonds. The highest BCUT2D eigenvalue weighted by molar-refractivity contribution is 7.80. The number of thiocarbonyl (C=S) groups is 1. The second-order valence-corrected chi connectivity index (χ2v) is 2.83. The Hall–Kier alpha value is -1.62. The molecule has 0 bridgehead atoms. The number of hydrogen-bond acceptors (Lipinski definition) is 3. The van der Waals surface area contributed by atoms with E-state index in [1.54, 1.807) is 7.11 Å². The van der Waals surface area contributed by atoms with Gasteiger partial charge in [0.15, 0.2) is 5.11 Å². The molecular formula is C9H11N3OS. The fourth-order valence-corrected chi connectivity index (χ4v) is 1.14. The molecule has 0 fully saturated rings. The largest absolute Gasteiger partial charge is 0.495 e. The van der Waals surface area contributed by atoms with Gasteiger partial charge in [-0.2, -0.15) is 5.10 Å². The Labute approximate surface area is 88.0 Å². The second kappa shape index (κ2) is 5.18. The lowest BCUT2D eigenvalue weighted by Crippen LogP contribution is -2.23. The van der Waals surface area contributed by atoms with Gasteiger partial charge in [-0.05, 0) is 24.4 Å². The Morgan fingerprint density at radius 2 is 2.21 bits per heavy atom. The summed E-state index contributed by atoms with van der Waals surface area (Å²) < 4.78 is 5.13. The van der Waals surface area contributed by atoms with Crippen LogP contribution >= 0.6 is 12.2 Å². The number of nitrogens with zero attached hydrogens (tertiary/aromatic N) is 1. The van der Waals surface area contributed by atoms with E-state index in [1.807, 2.05) is 24.3 Å². The van der Waals surface area contributed by atoms with Gasteiger partial charge in [-0.3, -0.25) is 5.43 Å². The lowest BCUT2D eigenvalue weighted by Gasteiger charge is -2.10. The molecule has 0 saturated carbocycles. The fraction of sp³-hybridized carbons (Fsp3) is 0.111. The number of ether oxygens (including phenoxy) is 1. The van der Waals surface area contributed by atoms with Crippen molar-refractivity contribution in [3.8, 4) is 5.75 Å². The summed E-state index contributed by atoms with van der Waals surface area (Å²) in [5.41, 5.74) is 3.31. The summed E-state index contributed by atoms with van der Waals surface area (Å²) in [6.45, 7) is 3.27. The highest BCUT2D eigenvalue weighted by Crippen LogP contribution is 2.22.